The summed E-state index contributed by atoms with van der Waals surface area (Å²) in [6.07, 6.45) is 0.897. The van der Waals surface area contributed by atoms with Gasteiger partial charge in [0.15, 0.2) is 0 Å². The molecule has 2 aromatic rings. The van der Waals surface area contributed by atoms with Crippen molar-refractivity contribution in [2.24, 2.45) is 0 Å². The molecule has 1 N–H and O–H groups in total. The van der Waals surface area contributed by atoms with Gasteiger partial charge in [0.25, 0.3) is 5.69 Å². The number of pyridine rings is 1. The fourth-order valence-electron chi connectivity index (χ4n) is 1.64. The molecule has 7 heteroatoms. The van der Waals surface area contributed by atoms with Crippen LogP contribution in [0.25, 0.3) is 10.9 Å². The number of aliphatic hydroxyl groups excluding tert-OH is 1. The molecule has 0 bridgehead atoms. The molecule has 0 aliphatic rings. The number of nitro groups is 1. The largest absolute Gasteiger partial charge is 0.489 e. The summed E-state index contributed by atoms with van der Waals surface area (Å²) in [5.41, 5.74) is 0.398. The summed E-state index contributed by atoms with van der Waals surface area (Å²) in [5, 5.41) is 21.2. The molecule has 6 nitrogen and oxygen atoms in total. The Morgan fingerprint density at radius 1 is 1.47 bits per heavy atom. The second-order valence-electron chi connectivity index (χ2n) is 3.86. The van der Waals surface area contributed by atoms with Crippen molar-refractivity contribution in [2.45, 2.75) is 6.10 Å². The van der Waals surface area contributed by atoms with E-state index in [1.165, 1.54) is 12.1 Å². The zero-order valence-corrected chi connectivity index (χ0v) is 11.4. The van der Waals surface area contributed by atoms with Crippen LogP contribution in [-0.4, -0.2) is 33.1 Å². The molecule has 0 radical (unpaired) electrons. The van der Waals surface area contributed by atoms with Crippen LogP contribution in [0.2, 0.25) is 0 Å². The Kier molecular flexibility index (Phi) is 4.28. The van der Waals surface area contributed by atoms with Crippen LogP contribution in [0, 0.1) is 10.1 Å². The lowest BCUT2D eigenvalue weighted by Crippen LogP contribution is -2.18. The minimum atomic E-state index is -0.644. The van der Waals surface area contributed by atoms with E-state index >= 15 is 0 Å². The number of aliphatic hydroxyl groups is 1. The van der Waals surface area contributed by atoms with Gasteiger partial charge in [-0.25, -0.2) is 0 Å². The number of aromatic nitrogens is 1. The van der Waals surface area contributed by atoms with Crippen LogP contribution in [0.15, 0.2) is 30.5 Å². The zero-order valence-electron chi connectivity index (χ0n) is 9.82. The molecule has 19 heavy (non-hydrogen) atoms. The lowest BCUT2D eigenvalue weighted by molar-refractivity contribution is -0.383. The maximum atomic E-state index is 10.9. The van der Waals surface area contributed by atoms with Gasteiger partial charge in [-0.1, -0.05) is 15.9 Å². The van der Waals surface area contributed by atoms with Crippen molar-refractivity contribution in [3.63, 3.8) is 0 Å². The molecular weight excluding hydrogens is 316 g/mol. The Morgan fingerprint density at radius 3 is 2.95 bits per heavy atom. The van der Waals surface area contributed by atoms with Gasteiger partial charge in [0, 0.05) is 17.6 Å². The van der Waals surface area contributed by atoms with Crippen LogP contribution in [0.1, 0.15) is 0 Å². The van der Waals surface area contributed by atoms with Crippen molar-refractivity contribution < 1.29 is 14.8 Å². The summed E-state index contributed by atoms with van der Waals surface area (Å²) < 4.78 is 5.44. The third kappa shape index (κ3) is 2.99. The number of halogens is 1. The van der Waals surface area contributed by atoms with E-state index in [-0.39, 0.29) is 12.3 Å². The number of fused-ring (bicyclic) bond motifs is 1. The van der Waals surface area contributed by atoms with Crippen molar-refractivity contribution in [3.05, 3.63) is 40.6 Å². The van der Waals surface area contributed by atoms with Gasteiger partial charge in [0.1, 0.15) is 17.9 Å². The first-order valence-electron chi connectivity index (χ1n) is 5.52. The molecule has 0 saturated heterocycles. The Bertz CT molecular complexity index is 605. The molecule has 1 aromatic heterocycles. The third-order valence-electron chi connectivity index (χ3n) is 2.52. The Morgan fingerprint density at radius 2 is 2.26 bits per heavy atom. The molecule has 100 valence electrons. The molecule has 1 heterocycles. The second-order valence-corrected chi connectivity index (χ2v) is 4.51. The molecule has 0 aliphatic carbocycles. The summed E-state index contributed by atoms with van der Waals surface area (Å²) in [5.74, 6) is 0.418. The highest BCUT2D eigenvalue weighted by molar-refractivity contribution is 9.09. The van der Waals surface area contributed by atoms with Gasteiger partial charge >= 0.3 is 0 Å². The molecule has 1 atom stereocenters. The van der Waals surface area contributed by atoms with Gasteiger partial charge in [-0.3, -0.25) is 15.1 Å². The number of nitrogens with zero attached hydrogens (tertiary/aromatic N) is 2. The standard InChI is InChI=1S/C12H11BrN2O4/c13-6-8(16)7-19-11-4-3-10(15(17)18)9-2-1-5-14-12(9)11/h1-5,8,16H,6-7H2. The fourth-order valence-corrected chi connectivity index (χ4v) is 1.82. The van der Waals surface area contributed by atoms with Crippen LogP contribution in [0.3, 0.4) is 0 Å². The van der Waals surface area contributed by atoms with Gasteiger partial charge in [-0.05, 0) is 18.2 Å². The molecular formula is C12H11BrN2O4. The lowest BCUT2D eigenvalue weighted by atomic mass is 10.1. The van der Waals surface area contributed by atoms with Gasteiger partial charge in [0.05, 0.1) is 16.4 Å². The molecule has 0 spiro atoms. The highest BCUT2D eigenvalue weighted by Crippen LogP contribution is 2.31. The van der Waals surface area contributed by atoms with E-state index in [1.807, 2.05) is 0 Å². The van der Waals surface area contributed by atoms with E-state index in [9.17, 15) is 15.2 Å². The van der Waals surface area contributed by atoms with Crippen LogP contribution in [0.4, 0.5) is 5.69 Å². The molecule has 2 rings (SSSR count). The Balaban J connectivity index is 2.41. The Hall–Kier alpha value is -1.73. The predicted molar refractivity (Wildman–Crippen MR) is 73.7 cm³/mol. The van der Waals surface area contributed by atoms with Crippen LogP contribution in [0.5, 0.6) is 5.75 Å². The minimum Gasteiger partial charge on any atom is -0.489 e. The molecule has 0 aliphatic heterocycles. The summed E-state index contributed by atoms with van der Waals surface area (Å²) in [6.45, 7) is 0.0920. The molecule has 0 amide bonds. The van der Waals surface area contributed by atoms with Gasteiger partial charge < -0.3 is 9.84 Å². The van der Waals surface area contributed by atoms with E-state index in [1.54, 1.807) is 18.3 Å². The monoisotopic (exact) mass is 326 g/mol. The smallest absolute Gasteiger partial charge is 0.279 e. The molecule has 0 fully saturated rings. The predicted octanol–water partition coefficient (Wildman–Crippen LogP) is 2.28. The second kappa shape index (κ2) is 5.94. The number of ether oxygens (including phenoxy) is 1. The molecule has 1 aromatic carbocycles. The van der Waals surface area contributed by atoms with Gasteiger partial charge in [-0.15, -0.1) is 0 Å². The summed E-state index contributed by atoms with van der Waals surface area (Å²) >= 11 is 3.13. The summed E-state index contributed by atoms with van der Waals surface area (Å²) in [6, 6.07) is 6.12. The van der Waals surface area contributed by atoms with E-state index in [4.69, 9.17) is 4.74 Å². The highest BCUT2D eigenvalue weighted by atomic mass is 79.9. The van der Waals surface area contributed by atoms with Crippen molar-refractivity contribution in [1.29, 1.82) is 0 Å². The maximum Gasteiger partial charge on any atom is 0.279 e. The number of alkyl halides is 1. The number of hydrogen-bond acceptors (Lipinski definition) is 5. The highest BCUT2D eigenvalue weighted by Gasteiger charge is 2.16. The van der Waals surface area contributed by atoms with Gasteiger partial charge in [-0.2, -0.15) is 0 Å². The quantitative estimate of drug-likeness (QED) is 0.517. The van der Waals surface area contributed by atoms with Gasteiger partial charge in [0.2, 0.25) is 0 Å². The maximum absolute atomic E-state index is 10.9. The summed E-state index contributed by atoms with van der Waals surface area (Å²) in [4.78, 5) is 14.6. The van der Waals surface area contributed by atoms with E-state index in [2.05, 4.69) is 20.9 Å². The van der Waals surface area contributed by atoms with Crippen molar-refractivity contribution >= 4 is 32.5 Å². The number of non-ortho nitro benzene ring substituents is 1. The van der Waals surface area contributed by atoms with E-state index in [0.29, 0.717) is 22.0 Å². The SMILES string of the molecule is O=[N+]([O-])c1ccc(OCC(O)CBr)c2ncccc12. The topological polar surface area (TPSA) is 85.5 Å². The average molecular weight is 327 g/mol. The number of nitro benzene ring substituents is 1. The average Bonchev–Trinajstić information content (AvgIpc) is 2.43. The van der Waals surface area contributed by atoms with E-state index < -0.39 is 11.0 Å². The first-order chi connectivity index (χ1) is 9.13. The van der Waals surface area contributed by atoms with Crippen molar-refractivity contribution in [1.82, 2.24) is 4.98 Å². The summed E-state index contributed by atoms with van der Waals surface area (Å²) in [7, 11) is 0. The normalized spacial score (nSPS) is 12.3. The van der Waals surface area contributed by atoms with Crippen LogP contribution >= 0.6 is 15.9 Å². The van der Waals surface area contributed by atoms with Crippen molar-refractivity contribution in [3.8, 4) is 5.75 Å². The minimum absolute atomic E-state index is 0.0171. The lowest BCUT2D eigenvalue weighted by Gasteiger charge is -2.11. The van der Waals surface area contributed by atoms with Crippen molar-refractivity contribution in [2.75, 3.05) is 11.9 Å². The fraction of sp³-hybridized carbons (Fsp3) is 0.250. The third-order valence-corrected chi connectivity index (χ3v) is 3.26. The number of benzene rings is 1. The van der Waals surface area contributed by atoms with Crippen LogP contribution in [-0.2, 0) is 0 Å². The number of rotatable bonds is 5. The Labute approximate surface area is 117 Å². The van der Waals surface area contributed by atoms with Crippen LogP contribution < -0.4 is 4.74 Å². The molecule has 0 saturated carbocycles. The first-order valence-corrected chi connectivity index (χ1v) is 6.64. The van der Waals surface area contributed by atoms with E-state index in [0.717, 1.165) is 0 Å². The number of hydrogen-bond donors (Lipinski definition) is 1. The first kappa shape index (κ1) is 13.7. The zero-order chi connectivity index (χ0) is 13.8. The molecule has 1 unspecified atom stereocenters.